The topological polar surface area (TPSA) is 88.5 Å². The largest absolute Gasteiger partial charge is 0.374 e. The zero-order valence-electron chi connectivity index (χ0n) is 12.3. The third-order valence-electron chi connectivity index (χ3n) is 3.22. The van der Waals surface area contributed by atoms with Gasteiger partial charge in [0.25, 0.3) is 0 Å². The van der Waals surface area contributed by atoms with Gasteiger partial charge in [-0.3, -0.25) is 9.89 Å². The van der Waals surface area contributed by atoms with E-state index in [2.05, 4.69) is 31.3 Å². The van der Waals surface area contributed by atoms with Gasteiger partial charge in [0.15, 0.2) is 10.8 Å². The minimum Gasteiger partial charge on any atom is -0.374 e. The fraction of sp³-hybridized carbons (Fsp3) is 0. The number of nitrogens with two attached hydrogens (primary N) is 1. The van der Waals surface area contributed by atoms with Crippen LogP contribution < -0.4 is 11.3 Å². The summed E-state index contributed by atoms with van der Waals surface area (Å²) < 4.78 is 1.95. The average Bonchev–Trinajstić information content (AvgIpc) is 2.91. The first-order chi connectivity index (χ1) is 11.6. The number of nitrogens with zero attached hydrogens (tertiary/aromatic N) is 3. The third kappa shape index (κ3) is 3.34. The Morgan fingerprint density at radius 1 is 1.12 bits per heavy atom. The van der Waals surface area contributed by atoms with Crippen LogP contribution in [0.15, 0.2) is 74.1 Å². The van der Waals surface area contributed by atoms with E-state index in [4.69, 9.17) is 18.0 Å². The van der Waals surface area contributed by atoms with Gasteiger partial charge in [0.05, 0.1) is 11.4 Å². The van der Waals surface area contributed by atoms with Crippen LogP contribution in [0.25, 0.3) is 11.3 Å². The van der Waals surface area contributed by atoms with E-state index >= 15 is 0 Å². The van der Waals surface area contributed by atoms with E-state index in [1.807, 2.05) is 42.5 Å². The van der Waals surface area contributed by atoms with Gasteiger partial charge in [0.2, 0.25) is 0 Å². The van der Waals surface area contributed by atoms with Crippen molar-refractivity contribution in [2.24, 2.45) is 16.0 Å². The smallest absolute Gasteiger partial charge is 0.301 e. The molecule has 0 amide bonds. The van der Waals surface area contributed by atoms with Crippen molar-refractivity contribution in [1.82, 2.24) is 9.78 Å². The van der Waals surface area contributed by atoms with Crippen LogP contribution in [0.1, 0.15) is 0 Å². The monoisotopic (exact) mass is 401 g/mol. The van der Waals surface area contributed by atoms with Gasteiger partial charge in [-0.05, 0) is 30.4 Å². The average molecular weight is 402 g/mol. The Kier molecular flexibility index (Phi) is 4.68. The molecule has 120 valence electrons. The lowest BCUT2D eigenvalue weighted by Gasteiger charge is -1.99. The number of nitrogens with one attached hydrogen (secondary N) is 1. The number of aromatic amines is 1. The van der Waals surface area contributed by atoms with Gasteiger partial charge in [-0.1, -0.05) is 52.3 Å². The Labute approximate surface area is 151 Å². The van der Waals surface area contributed by atoms with Crippen LogP contribution in [-0.2, 0) is 0 Å². The van der Waals surface area contributed by atoms with E-state index in [1.54, 1.807) is 12.1 Å². The molecule has 0 fully saturated rings. The van der Waals surface area contributed by atoms with Crippen molar-refractivity contribution in [3.8, 4) is 11.3 Å². The molecule has 8 heteroatoms. The molecule has 2 aromatic carbocycles. The summed E-state index contributed by atoms with van der Waals surface area (Å²) >= 11 is 8.27. The maximum absolute atomic E-state index is 12.5. The molecule has 1 aromatic heterocycles. The Balaban J connectivity index is 2.12. The lowest BCUT2D eigenvalue weighted by Crippen LogP contribution is -2.29. The highest BCUT2D eigenvalue weighted by Gasteiger charge is 2.16. The normalized spacial score (nSPS) is 11.0. The van der Waals surface area contributed by atoms with Crippen molar-refractivity contribution in [3.05, 3.63) is 69.4 Å². The second kappa shape index (κ2) is 6.90. The fourth-order valence-electron chi connectivity index (χ4n) is 2.13. The van der Waals surface area contributed by atoms with Crippen molar-refractivity contribution < 1.29 is 0 Å². The molecule has 0 saturated heterocycles. The lowest BCUT2D eigenvalue weighted by atomic mass is 10.1. The Bertz CT molecular complexity index is 978. The minimum atomic E-state index is -0.444. The summed E-state index contributed by atoms with van der Waals surface area (Å²) in [6, 6.07) is 16.6. The van der Waals surface area contributed by atoms with E-state index < -0.39 is 5.56 Å². The van der Waals surface area contributed by atoms with Gasteiger partial charge in [0.1, 0.15) is 0 Å². The van der Waals surface area contributed by atoms with Gasteiger partial charge in [0, 0.05) is 10.0 Å². The first kappa shape index (κ1) is 16.3. The Morgan fingerprint density at radius 2 is 1.88 bits per heavy atom. The van der Waals surface area contributed by atoms with Crippen LogP contribution >= 0.6 is 28.1 Å². The second-order valence-electron chi connectivity index (χ2n) is 4.86. The van der Waals surface area contributed by atoms with Crippen molar-refractivity contribution in [3.63, 3.8) is 0 Å². The quantitative estimate of drug-likeness (QED) is 0.510. The zero-order chi connectivity index (χ0) is 17.1. The number of halogens is 1. The van der Waals surface area contributed by atoms with E-state index in [-0.39, 0.29) is 10.8 Å². The van der Waals surface area contributed by atoms with E-state index in [0.717, 1.165) is 14.7 Å². The van der Waals surface area contributed by atoms with Crippen LogP contribution in [-0.4, -0.2) is 14.9 Å². The number of aromatic nitrogens is 2. The summed E-state index contributed by atoms with van der Waals surface area (Å²) in [6.07, 6.45) is 0. The van der Waals surface area contributed by atoms with Crippen molar-refractivity contribution in [2.45, 2.75) is 0 Å². The molecule has 0 atom stereocenters. The molecule has 0 unspecified atom stereocenters. The number of benzene rings is 2. The molecule has 6 nitrogen and oxygen atoms in total. The molecule has 0 spiro atoms. The maximum Gasteiger partial charge on any atom is 0.301 e. The number of hydrogen-bond donors (Lipinski definition) is 2. The van der Waals surface area contributed by atoms with Crippen LogP contribution in [0.4, 0.5) is 11.4 Å². The van der Waals surface area contributed by atoms with Gasteiger partial charge in [-0.2, -0.15) is 9.80 Å². The molecular formula is C16H12BrN5OS. The minimum absolute atomic E-state index is 0.0823. The summed E-state index contributed by atoms with van der Waals surface area (Å²) in [5.41, 5.74) is 7.20. The number of azo groups is 1. The van der Waals surface area contributed by atoms with Crippen molar-refractivity contribution >= 4 is 44.6 Å². The third-order valence-corrected chi connectivity index (χ3v) is 3.90. The molecule has 0 aliphatic heterocycles. The van der Waals surface area contributed by atoms with Crippen LogP contribution in [0.5, 0.6) is 0 Å². The Hall–Kier alpha value is -2.58. The summed E-state index contributed by atoms with van der Waals surface area (Å²) in [5.74, 6) is 0. The molecule has 24 heavy (non-hydrogen) atoms. The Morgan fingerprint density at radius 3 is 2.54 bits per heavy atom. The fourth-order valence-corrected chi connectivity index (χ4v) is 2.64. The summed E-state index contributed by atoms with van der Waals surface area (Å²) in [6.45, 7) is 0. The molecule has 3 aromatic rings. The number of hydrogen-bond acceptors (Lipinski definition) is 4. The molecule has 0 radical (unpaired) electrons. The summed E-state index contributed by atoms with van der Waals surface area (Å²) in [4.78, 5) is 12.5. The highest BCUT2D eigenvalue weighted by Crippen LogP contribution is 2.27. The van der Waals surface area contributed by atoms with Gasteiger partial charge < -0.3 is 5.73 Å². The van der Waals surface area contributed by atoms with Gasteiger partial charge in [-0.25, -0.2) is 0 Å². The highest BCUT2D eigenvalue weighted by molar-refractivity contribution is 9.10. The molecule has 0 saturated carbocycles. The van der Waals surface area contributed by atoms with Gasteiger partial charge in [-0.15, -0.1) is 5.11 Å². The number of rotatable bonds is 3. The van der Waals surface area contributed by atoms with Gasteiger partial charge >= 0.3 is 5.56 Å². The number of thiocarbonyl (C=S) groups is 1. The highest BCUT2D eigenvalue weighted by atomic mass is 79.9. The molecule has 1 heterocycles. The number of H-pyrrole nitrogens is 1. The van der Waals surface area contributed by atoms with Crippen LogP contribution in [0, 0.1) is 0 Å². The first-order valence-corrected chi connectivity index (χ1v) is 8.14. The predicted molar refractivity (Wildman–Crippen MR) is 101 cm³/mol. The summed E-state index contributed by atoms with van der Waals surface area (Å²) in [7, 11) is 0. The molecule has 3 rings (SSSR count). The van der Waals surface area contributed by atoms with E-state index in [0.29, 0.717) is 11.4 Å². The lowest BCUT2D eigenvalue weighted by molar-refractivity contribution is 0.910. The zero-order valence-corrected chi connectivity index (χ0v) is 14.7. The second-order valence-corrected chi connectivity index (χ2v) is 6.19. The SMILES string of the molecule is NC(=S)n1[nH]c(-c2ccccc2)c(N=Nc2cccc(Br)c2)c1=O. The maximum atomic E-state index is 12.5. The molecule has 0 aliphatic rings. The van der Waals surface area contributed by atoms with E-state index in [9.17, 15) is 4.79 Å². The standard InChI is InChI=1S/C16H12BrN5OS/c17-11-7-4-8-12(9-11)19-20-14-13(10-5-2-1-3-6-10)21-22(15(14)23)16(18)24/h1-9,21H,(H2,18,24). The molecule has 0 bridgehead atoms. The van der Waals surface area contributed by atoms with E-state index in [1.165, 1.54) is 0 Å². The predicted octanol–water partition coefficient (Wildman–Crippen LogP) is 4.11. The summed E-state index contributed by atoms with van der Waals surface area (Å²) in [5, 5.41) is 11.1. The van der Waals surface area contributed by atoms with Crippen molar-refractivity contribution in [1.29, 1.82) is 0 Å². The van der Waals surface area contributed by atoms with Crippen LogP contribution in [0.3, 0.4) is 0 Å². The molecule has 0 aliphatic carbocycles. The first-order valence-electron chi connectivity index (χ1n) is 6.94. The van der Waals surface area contributed by atoms with Crippen molar-refractivity contribution in [2.75, 3.05) is 0 Å². The van der Waals surface area contributed by atoms with Crippen LogP contribution in [0.2, 0.25) is 0 Å². The molecular weight excluding hydrogens is 390 g/mol. The molecule has 3 N–H and O–H groups in total.